The molecular weight excluding hydrogens is 987 g/mol. The highest BCUT2D eigenvalue weighted by Gasteiger charge is 2.37. The number of esters is 3. The van der Waals surface area contributed by atoms with E-state index in [1.807, 2.05) is 6.92 Å². The van der Waals surface area contributed by atoms with Crippen LogP contribution in [0.5, 0.6) is 0 Å². The highest BCUT2D eigenvalue weighted by atomic mass is 16.6. The lowest BCUT2D eigenvalue weighted by Gasteiger charge is -2.35. The normalized spacial score (nSPS) is 14.4. The zero-order chi connectivity index (χ0) is 57.8. The number of nitrogens with zero attached hydrogens (tertiary/aromatic N) is 1. The van der Waals surface area contributed by atoms with Gasteiger partial charge in [-0.25, -0.2) is 0 Å². The molecule has 1 aliphatic heterocycles. The summed E-state index contributed by atoms with van der Waals surface area (Å²) >= 11 is 0. The Morgan fingerprint density at radius 1 is 0.410 bits per heavy atom. The van der Waals surface area contributed by atoms with Crippen LogP contribution in [0.15, 0.2) is 0 Å². The van der Waals surface area contributed by atoms with Crippen molar-refractivity contribution in [3.05, 3.63) is 0 Å². The molecule has 0 aliphatic carbocycles. The van der Waals surface area contributed by atoms with Crippen LogP contribution >= 0.6 is 0 Å². The highest BCUT2D eigenvalue weighted by Crippen LogP contribution is 2.31. The van der Waals surface area contributed by atoms with Crippen LogP contribution in [0.1, 0.15) is 281 Å². The van der Waals surface area contributed by atoms with Crippen LogP contribution in [0, 0.1) is 5.41 Å². The van der Waals surface area contributed by atoms with Gasteiger partial charge >= 0.3 is 17.9 Å². The van der Waals surface area contributed by atoms with Crippen LogP contribution in [0.2, 0.25) is 0 Å². The molecule has 3 atom stereocenters. The van der Waals surface area contributed by atoms with Gasteiger partial charge in [-0.3, -0.25) is 14.4 Å². The fourth-order valence-corrected chi connectivity index (χ4v) is 8.92. The summed E-state index contributed by atoms with van der Waals surface area (Å²) in [5.74, 6) is -0.203. The molecule has 0 spiro atoms. The van der Waals surface area contributed by atoms with E-state index in [-0.39, 0.29) is 42.8 Å². The lowest BCUT2D eigenvalue weighted by Crippen LogP contribution is -2.42. The fraction of sp³-hybridized carbons (Fsp3) is 0.954. The monoisotopic (exact) mass is 1120 g/mol. The Kier molecular flexibility index (Phi) is 61.4. The molecular formula is C65H129NO12. The lowest BCUT2D eigenvalue weighted by atomic mass is 9.80. The molecule has 0 aromatic heterocycles. The Balaban J connectivity index is 0. The molecule has 3 unspecified atom stereocenters. The molecule has 13 heteroatoms. The maximum atomic E-state index is 12.8. The number of unbranched alkanes of at least 4 members (excludes halogenated alkanes) is 19. The van der Waals surface area contributed by atoms with Gasteiger partial charge in [0.05, 0.1) is 64.9 Å². The molecule has 0 radical (unpaired) electrons. The average molecular weight is 1120 g/mol. The largest absolute Gasteiger partial charge is 0.463 e. The SMILES string of the molecule is CCC.CCC.CCCCCCCCC(CCCCCC)OC(=O)CCCCCCCOCC(COCCOCCOCCOCCOC(=O)C1(C)CCN(C)CC1)OCCCCCCCC(=O)OC(CC)CCCCCC. The molecule has 1 saturated heterocycles. The van der Waals surface area contributed by atoms with Crippen molar-refractivity contribution in [2.45, 2.75) is 299 Å². The van der Waals surface area contributed by atoms with Crippen molar-refractivity contribution in [2.75, 3.05) is 99.4 Å². The van der Waals surface area contributed by atoms with Gasteiger partial charge in [0.25, 0.3) is 0 Å². The van der Waals surface area contributed by atoms with Crippen LogP contribution in [-0.2, 0) is 57.0 Å². The van der Waals surface area contributed by atoms with Crippen molar-refractivity contribution >= 4 is 17.9 Å². The smallest absolute Gasteiger partial charge is 0.311 e. The first-order valence-electron chi connectivity index (χ1n) is 32.7. The van der Waals surface area contributed by atoms with E-state index in [1.54, 1.807) is 0 Å². The quantitative estimate of drug-likeness (QED) is 0.0325. The van der Waals surface area contributed by atoms with Crippen molar-refractivity contribution in [1.82, 2.24) is 4.90 Å². The standard InChI is InChI=1S/C59H113NO12.2C3H8/c1-7-11-14-17-20-27-34-54(33-26-16-13-9-3)72-57(62)36-29-21-18-23-30-41-67-51-55(69-42-31-24-19-22-28-35-56(61)71-53(10-4)32-25-15-12-8-2)52-68-48-47-65-44-43-64-45-46-66-49-50-70-58(63)59(5)37-39-60(6)40-38-59;2*1-3-2/h53-55H,7-52H2,1-6H3;2*3H2,1-2H3. The molecule has 0 aromatic rings. The number of rotatable bonds is 54. The first-order valence-corrected chi connectivity index (χ1v) is 32.7. The number of hydrogen-bond acceptors (Lipinski definition) is 13. The number of carbonyl (C=O) groups is 3. The van der Waals surface area contributed by atoms with E-state index in [0.29, 0.717) is 85.5 Å². The number of piperidine rings is 1. The first kappa shape index (κ1) is 78.2. The number of hydrogen-bond donors (Lipinski definition) is 0. The summed E-state index contributed by atoms with van der Waals surface area (Å²) in [6.45, 7) is 26.6. The van der Waals surface area contributed by atoms with Crippen LogP contribution in [0.25, 0.3) is 0 Å². The van der Waals surface area contributed by atoms with Crippen LogP contribution < -0.4 is 0 Å². The molecule has 0 amide bonds. The molecule has 1 heterocycles. The van der Waals surface area contributed by atoms with Crippen molar-refractivity contribution in [1.29, 1.82) is 0 Å². The van der Waals surface area contributed by atoms with Gasteiger partial charge in [-0.15, -0.1) is 0 Å². The van der Waals surface area contributed by atoms with Gasteiger partial charge in [-0.2, -0.15) is 0 Å². The molecule has 1 rings (SSSR count). The van der Waals surface area contributed by atoms with Gasteiger partial charge < -0.3 is 47.5 Å². The molecule has 78 heavy (non-hydrogen) atoms. The summed E-state index contributed by atoms with van der Waals surface area (Å²) in [7, 11) is 2.08. The van der Waals surface area contributed by atoms with Gasteiger partial charge in [0.15, 0.2) is 0 Å². The minimum absolute atomic E-state index is 0.0205. The Labute approximate surface area is 481 Å². The molecule has 13 nitrogen and oxygen atoms in total. The topological polar surface area (TPSA) is 138 Å². The highest BCUT2D eigenvalue weighted by molar-refractivity contribution is 5.76. The zero-order valence-electron chi connectivity index (χ0n) is 53.0. The molecule has 0 bridgehead atoms. The van der Waals surface area contributed by atoms with Crippen LogP contribution in [-0.4, -0.2) is 141 Å². The number of carbonyl (C=O) groups excluding carboxylic acids is 3. The third-order valence-corrected chi connectivity index (χ3v) is 14.0. The zero-order valence-corrected chi connectivity index (χ0v) is 53.0. The Bertz CT molecular complexity index is 1250. The van der Waals surface area contributed by atoms with Gasteiger partial charge in [-0.05, 0) is 111 Å². The Hall–Kier alpha value is -1.87. The van der Waals surface area contributed by atoms with Crippen LogP contribution in [0.4, 0.5) is 0 Å². The van der Waals surface area contributed by atoms with Gasteiger partial charge in [-0.1, -0.05) is 177 Å². The third-order valence-electron chi connectivity index (χ3n) is 14.0. The summed E-state index contributed by atoms with van der Waals surface area (Å²) in [6, 6.07) is 0. The van der Waals surface area contributed by atoms with Crippen molar-refractivity contribution in [2.24, 2.45) is 5.41 Å². The summed E-state index contributed by atoms with van der Waals surface area (Å²) < 4.78 is 52.5. The second kappa shape index (κ2) is 61.2. The van der Waals surface area contributed by atoms with E-state index in [2.05, 4.69) is 67.3 Å². The predicted molar refractivity (Wildman–Crippen MR) is 323 cm³/mol. The second-order valence-electron chi connectivity index (χ2n) is 22.3. The summed E-state index contributed by atoms with van der Waals surface area (Å²) in [5, 5.41) is 0. The van der Waals surface area contributed by atoms with E-state index in [9.17, 15) is 14.4 Å². The summed E-state index contributed by atoms with van der Waals surface area (Å²) in [4.78, 5) is 40.0. The first-order chi connectivity index (χ1) is 38.0. The van der Waals surface area contributed by atoms with Crippen LogP contribution in [0.3, 0.4) is 0 Å². The molecule has 0 aromatic carbocycles. The molecule has 0 N–H and O–H groups in total. The molecule has 1 aliphatic rings. The van der Waals surface area contributed by atoms with Gasteiger partial charge in [0.2, 0.25) is 0 Å². The number of ether oxygens (including phenoxy) is 9. The average Bonchev–Trinajstić information content (AvgIpc) is 3.43. The fourth-order valence-electron chi connectivity index (χ4n) is 8.92. The van der Waals surface area contributed by atoms with E-state index in [0.717, 1.165) is 135 Å². The Morgan fingerprint density at radius 3 is 1.24 bits per heavy atom. The van der Waals surface area contributed by atoms with Gasteiger partial charge in [0.1, 0.15) is 24.9 Å². The van der Waals surface area contributed by atoms with Crippen molar-refractivity contribution in [3.8, 4) is 0 Å². The maximum absolute atomic E-state index is 12.8. The molecule has 466 valence electrons. The molecule has 0 saturated carbocycles. The van der Waals surface area contributed by atoms with E-state index >= 15 is 0 Å². The summed E-state index contributed by atoms with van der Waals surface area (Å²) in [5.41, 5.74) is -0.398. The minimum Gasteiger partial charge on any atom is -0.463 e. The van der Waals surface area contributed by atoms with E-state index < -0.39 is 5.41 Å². The second-order valence-corrected chi connectivity index (χ2v) is 22.3. The van der Waals surface area contributed by atoms with Gasteiger partial charge in [0, 0.05) is 26.1 Å². The maximum Gasteiger partial charge on any atom is 0.311 e. The lowest BCUT2D eigenvalue weighted by molar-refractivity contribution is -0.159. The minimum atomic E-state index is -0.398. The molecule has 1 fully saturated rings. The van der Waals surface area contributed by atoms with Crippen molar-refractivity contribution < 1.29 is 57.0 Å². The summed E-state index contributed by atoms with van der Waals surface area (Å²) in [6.07, 6.45) is 36.2. The third kappa shape index (κ3) is 53.4. The van der Waals surface area contributed by atoms with E-state index in [1.165, 1.54) is 83.5 Å². The van der Waals surface area contributed by atoms with E-state index in [4.69, 9.17) is 42.6 Å². The predicted octanol–water partition coefficient (Wildman–Crippen LogP) is 16.2. The van der Waals surface area contributed by atoms with Crippen molar-refractivity contribution in [3.63, 3.8) is 0 Å². The number of likely N-dealkylation sites (tertiary alicyclic amines) is 1. The Morgan fingerprint density at radius 2 is 0.769 bits per heavy atom.